The van der Waals surface area contributed by atoms with Crippen molar-refractivity contribution in [1.29, 1.82) is 0 Å². The van der Waals surface area contributed by atoms with Crippen LogP contribution in [0.25, 0.3) is 16.7 Å². The molecule has 25 heavy (non-hydrogen) atoms. The van der Waals surface area contributed by atoms with E-state index < -0.39 is 0 Å². The zero-order valence-electron chi connectivity index (χ0n) is 14.0. The van der Waals surface area contributed by atoms with E-state index in [1.54, 1.807) is 18.3 Å². The number of nitrogens with zero attached hydrogens (tertiary/aromatic N) is 3. The quantitative estimate of drug-likeness (QED) is 0.712. The van der Waals surface area contributed by atoms with Crippen LogP contribution in [0.2, 0.25) is 0 Å². The summed E-state index contributed by atoms with van der Waals surface area (Å²) in [7, 11) is 1.37. The first kappa shape index (κ1) is 15.8. The predicted octanol–water partition coefficient (Wildman–Crippen LogP) is 2.38. The zero-order chi connectivity index (χ0) is 17.4. The van der Waals surface area contributed by atoms with Gasteiger partial charge in [-0.25, -0.2) is 14.8 Å². The highest BCUT2D eigenvalue weighted by atomic mass is 16.5. The zero-order valence-corrected chi connectivity index (χ0v) is 14.0. The van der Waals surface area contributed by atoms with Gasteiger partial charge in [-0.1, -0.05) is 0 Å². The highest BCUT2D eigenvalue weighted by Gasteiger charge is 2.21. The van der Waals surface area contributed by atoms with Crippen molar-refractivity contribution < 1.29 is 14.6 Å². The largest absolute Gasteiger partial charge is 0.465 e. The molecule has 1 fully saturated rings. The number of benzene rings is 1. The van der Waals surface area contributed by atoms with Crippen molar-refractivity contribution in [3.05, 3.63) is 36.2 Å². The van der Waals surface area contributed by atoms with Crippen LogP contribution in [0.1, 0.15) is 36.0 Å². The molecular weight excluding hydrogens is 320 g/mol. The molecule has 0 bridgehead atoms. The molecule has 1 aromatic carbocycles. The first-order valence-corrected chi connectivity index (χ1v) is 8.45. The number of imidazole rings is 1. The summed E-state index contributed by atoms with van der Waals surface area (Å²) in [5, 5.41) is 13.1. The van der Waals surface area contributed by atoms with Crippen molar-refractivity contribution in [2.24, 2.45) is 0 Å². The molecule has 0 aliphatic heterocycles. The SMILES string of the molecule is COC(=O)c1ccc2nc(NC3CCC(O)CC3)c3nccn3c2c1. The van der Waals surface area contributed by atoms with Gasteiger partial charge in [0.25, 0.3) is 0 Å². The summed E-state index contributed by atoms with van der Waals surface area (Å²) in [4.78, 5) is 20.9. The van der Waals surface area contributed by atoms with Crippen LogP contribution in [-0.2, 0) is 4.74 Å². The number of aliphatic hydroxyl groups is 1. The van der Waals surface area contributed by atoms with E-state index in [1.807, 2.05) is 16.7 Å². The van der Waals surface area contributed by atoms with Crippen molar-refractivity contribution in [2.45, 2.75) is 37.8 Å². The summed E-state index contributed by atoms with van der Waals surface area (Å²) in [6.45, 7) is 0. The van der Waals surface area contributed by atoms with E-state index in [-0.39, 0.29) is 18.1 Å². The number of hydrogen-bond acceptors (Lipinski definition) is 6. The molecule has 3 aromatic rings. The average molecular weight is 340 g/mol. The first-order chi connectivity index (χ1) is 12.2. The number of methoxy groups -OCH3 is 1. The van der Waals surface area contributed by atoms with Gasteiger partial charge in [-0.15, -0.1) is 0 Å². The Bertz CT molecular complexity index is 929. The summed E-state index contributed by atoms with van der Waals surface area (Å²) in [6.07, 6.45) is 6.82. The Balaban J connectivity index is 1.75. The fraction of sp³-hybridized carbons (Fsp3) is 0.389. The molecule has 2 N–H and O–H groups in total. The lowest BCUT2D eigenvalue weighted by atomic mass is 9.93. The van der Waals surface area contributed by atoms with Crippen LogP contribution >= 0.6 is 0 Å². The Morgan fingerprint density at radius 1 is 1.32 bits per heavy atom. The maximum atomic E-state index is 11.8. The molecule has 2 aromatic heterocycles. The van der Waals surface area contributed by atoms with E-state index in [4.69, 9.17) is 9.72 Å². The van der Waals surface area contributed by atoms with Crippen LogP contribution in [0.3, 0.4) is 0 Å². The second-order valence-corrected chi connectivity index (χ2v) is 6.43. The lowest BCUT2D eigenvalue weighted by Gasteiger charge is -2.26. The molecule has 1 saturated carbocycles. The molecule has 130 valence electrons. The topological polar surface area (TPSA) is 88.8 Å². The minimum atomic E-state index is -0.377. The maximum absolute atomic E-state index is 11.8. The number of esters is 1. The maximum Gasteiger partial charge on any atom is 0.337 e. The number of nitrogens with one attached hydrogen (secondary N) is 1. The smallest absolute Gasteiger partial charge is 0.337 e. The molecule has 2 heterocycles. The van der Waals surface area contributed by atoms with E-state index in [9.17, 15) is 9.90 Å². The third-order valence-corrected chi connectivity index (χ3v) is 4.78. The minimum absolute atomic E-state index is 0.189. The van der Waals surface area contributed by atoms with Gasteiger partial charge in [-0.05, 0) is 43.9 Å². The van der Waals surface area contributed by atoms with E-state index >= 15 is 0 Å². The van der Waals surface area contributed by atoms with Crippen LogP contribution in [-0.4, -0.2) is 44.7 Å². The molecule has 4 rings (SSSR count). The van der Waals surface area contributed by atoms with Crippen LogP contribution in [0.4, 0.5) is 5.82 Å². The number of rotatable bonds is 3. The Labute approximate surface area is 144 Å². The van der Waals surface area contributed by atoms with E-state index in [0.29, 0.717) is 5.56 Å². The van der Waals surface area contributed by atoms with Crippen molar-refractivity contribution in [1.82, 2.24) is 14.4 Å². The van der Waals surface area contributed by atoms with Gasteiger partial charge in [0.05, 0.1) is 29.8 Å². The molecular formula is C18H20N4O3. The summed E-state index contributed by atoms with van der Waals surface area (Å²) < 4.78 is 6.72. The second kappa shape index (κ2) is 6.33. The Morgan fingerprint density at radius 3 is 2.88 bits per heavy atom. The molecule has 7 nitrogen and oxygen atoms in total. The van der Waals surface area contributed by atoms with Gasteiger partial charge in [-0.3, -0.25) is 4.40 Å². The Hall–Kier alpha value is -2.67. The first-order valence-electron chi connectivity index (χ1n) is 8.45. The van der Waals surface area contributed by atoms with Crippen LogP contribution in [0.5, 0.6) is 0 Å². The second-order valence-electron chi connectivity index (χ2n) is 6.43. The van der Waals surface area contributed by atoms with Crippen molar-refractivity contribution >= 4 is 28.5 Å². The fourth-order valence-electron chi connectivity index (χ4n) is 3.41. The van der Waals surface area contributed by atoms with E-state index in [0.717, 1.165) is 48.2 Å². The van der Waals surface area contributed by atoms with Gasteiger partial charge < -0.3 is 15.2 Å². The summed E-state index contributed by atoms with van der Waals surface area (Å²) in [5.74, 6) is 0.350. The molecule has 0 spiro atoms. The standard InChI is InChI=1S/C18H20N4O3/c1-25-18(24)11-2-7-14-15(10-11)22-9-8-19-17(22)16(21-14)20-12-3-5-13(23)6-4-12/h2,7-10,12-13,23H,3-6H2,1H3,(H,20,21). The molecule has 0 amide bonds. The normalized spacial score (nSPS) is 20.7. The van der Waals surface area contributed by atoms with E-state index in [2.05, 4.69) is 10.3 Å². The van der Waals surface area contributed by atoms with Gasteiger partial charge in [-0.2, -0.15) is 0 Å². The van der Waals surface area contributed by atoms with Gasteiger partial charge in [0.15, 0.2) is 11.5 Å². The van der Waals surface area contributed by atoms with Gasteiger partial charge >= 0.3 is 5.97 Å². The monoisotopic (exact) mass is 340 g/mol. The van der Waals surface area contributed by atoms with E-state index in [1.165, 1.54) is 7.11 Å². The number of fused-ring (bicyclic) bond motifs is 3. The number of anilines is 1. The summed E-state index contributed by atoms with van der Waals surface area (Å²) in [5.41, 5.74) is 2.78. The van der Waals surface area contributed by atoms with Crippen molar-refractivity contribution in [2.75, 3.05) is 12.4 Å². The number of aromatic nitrogens is 3. The average Bonchev–Trinajstić information content (AvgIpc) is 3.13. The Kier molecular flexibility index (Phi) is 4.01. The molecule has 0 radical (unpaired) electrons. The summed E-state index contributed by atoms with van der Waals surface area (Å²) >= 11 is 0. The summed E-state index contributed by atoms with van der Waals surface area (Å²) in [6, 6.07) is 5.58. The van der Waals surface area contributed by atoms with Crippen molar-refractivity contribution in [3.63, 3.8) is 0 Å². The minimum Gasteiger partial charge on any atom is -0.465 e. The Morgan fingerprint density at radius 2 is 2.12 bits per heavy atom. The lowest BCUT2D eigenvalue weighted by Crippen LogP contribution is -2.28. The highest BCUT2D eigenvalue weighted by molar-refractivity contribution is 5.94. The van der Waals surface area contributed by atoms with Gasteiger partial charge in [0, 0.05) is 18.4 Å². The van der Waals surface area contributed by atoms with Crippen LogP contribution in [0.15, 0.2) is 30.6 Å². The lowest BCUT2D eigenvalue weighted by molar-refractivity contribution is 0.0601. The van der Waals surface area contributed by atoms with Crippen molar-refractivity contribution in [3.8, 4) is 0 Å². The predicted molar refractivity (Wildman–Crippen MR) is 93.7 cm³/mol. The molecule has 0 atom stereocenters. The molecule has 1 aliphatic rings. The number of ether oxygens (including phenoxy) is 1. The molecule has 7 heteroatoms. The van der Waals surface area contributed by atoms with Gasteiger partial charge in [0.1, 0.15) is 0 Å². The number of carbonyl (C=O) groups excluding carboxylic acids is 1. The van der Waals surface area contributed by atoms with Crippen LogP contribution < -0.4 is 5.32 Å². The third-order valence-electron chi connectivity index (χ3n) is 4.78. The number of carbonyl (C=O) groups is 1. The highest BCUT2D eigenvalue weighted by Crippen LogP contribution is 2.26. The fourth-order valence-corrected chi connectivity index (χ4v) is 3.41. The van der Waals surface area contributed by atoms with Gasteiger partial charge in [0.2, 0.25) is 0 Å². The molecule has 0 unspecified atom stereocenters. The third kappa shape index (κ3) is 2.91. The molecule has 1 aliphatic carbocycles. The number of aliphatic hydroxyl groups excluding tert-OH is 1. The van der Waals surface area contributed by atoms with Crippen LogP contribution in [0, 0.1) is 0 Å². The number of hydrogen-bond donors (Lipinski definition) is 2. The molecule has 0 saturated heterocycles.